The first-order chi connectivity index (χ1) is 8.49. The minimum Gasteiger partial charge on any atom is -0.323 e. The van der Waals surface area contributed by atoms with Gasteiger partial charge in [-0.2, -0.15) is 0 Å². The second-order valence-electron chi connectivity index (χ2n) is 3.79. The molecule has 0 saturated heterocycles. The molecular weight excluding hydrogens is 421 g/mol. The van der Waals surface area contributed by atoms with Crippen LogP contribution in [-0.2, 0) is 6.42 Å². The van der Waals surface area contributed by atoms with Crippen molar-refractivity contribution in [1.29, 1.82) is 0 Å². The topological polar surface area (TPSA) is 26.0 Å². The lowest BCUT2D eigenvalue weighted by molar-refractivity contribution is 0.736. The largest absolute Gasteiger partial charge is 0.323 e. The Hall–Kier alpha value is 0.420. The number of rotatable bonds is 3. The fourth-order valence-corrected chi connectivity index (χ4v) is 4.08. The quantitative estimate of drug-likeness (QED) is 0.653. The van der Waals surface area contributed by atoms with E-state index in [1.807, 2.05) is 18.2 Å². The average Bonchev–Trinajstić information content (AvgIpc) is 2.66. The van der Waals surface area contributed by atoms with Crippen molar-refractivity contribution < 1.29 is 0 Å². The van der Waals surface area contributed by atoms with Crippen LogP contribution in [0, 0.1) is 0 Å². The minimum atomic E-state index is -0.0893. The summed E-state index contributed by atoms with van der Waals surface area (Å²) < 4.78 is 2.07. The smallest absolute Gasteiger partial charge is 0.0843 e. The van der Waals surface area contributed by atoms with Crippen LogP contribution in [0.5, 0.6) is 0 Å². The van der Waals surface area contributed by atoms with E-state index in [9.17, 15) is 0 Å². The van der Waals surface area contributed by atoms with Crippen LogP contribution in [0.2, 0.25) is 10.0 Å². The Morgan fingerprint density at radius 1 is 1.28 bits per heavy atom. The van der Waals surface area contributed by atoms with E-state index >= 15 is 0 Å². The zero-order valence-corrected chi connectivity index (χ0v) is 14.6. The zero-order chi connectivity index (χ0) is 13.3. The van der Waals surface area contributed by atoms with E-state index in [4.69, 9.17) is 28.9 Å². The third-order valence-corrected chi connectivity index (χ3v) is 6.75. The normalized spacial score (nSPS) is 12.7. The first-order valence-electron chi connectivity index (χ1n) is 5.12. The predicted molar refractivity (Wildman–Crippen MR) is 86.8 cm³/mol. The van der Waals surface area contributed by atoms with Crippen LogP contribution in [0.3, 0.4) is 0 Å². The van der Waals surface area contributed by atoms with Gasteiger partial charge < -0.3 is 5.73 Å². The van der Waals surface area contributed by atoms with E-state index in [2.05, 4.69) is 31.9 Å². The summed E-state index contributed by atoms with van der Waals surface area (Å²) in [7, 11) is 0. The third kappa shape index (κ3) is 3.30. The van der Waals surface area contributed by atoms with Gasteiger partial charge in [-0.3, -0.25) is 0 Å². The van der Waals surface area contributed by atoms with E-state index in [0.717, 1.165) is 18.7 Å². The second kappa shape index (κ2) is 6.25. The van der Waals surface area contributed by atoms with Gasteiger partial charge in [0, 0.05) is 15.4 Å². The van der Waals surface area contributed by atoms with Gasteiger partial charge in [0.1, 0.15) is 0 Å². The Labute approximate surface area is 137 Å². The molecule has 1 nitrogen and oxygen atoms in total. The Balaban J connectivity index is 2.21. The van der Waals surface area contributed by atoms with Crippen molar-refractivity contribution in [3.05, 3.63) is 53.0 Å². The monoisotopic (exact) mass is 427 g/mol. The highest BCUT2D eigenvalue weighted by Gasteiger charge is 2.14. The molecule has 0 fully saturated rings. The van der Waals surface area contributed by atoms with Crippen LogP contribution in [0.4, 0.5) is 0 Å². The summed E-state index contributed by atoms with van der Waals surface area (Å²) in [4.78, 5) is 1.10. The van der Waals surface area contributed by atoms with E-state index in [1.165, 1.54) is 0 Å². The second-order valence-corrected chi connectivity index (χ2v) is 7.84. The Bertz CT molecular complexity index is 552. The molecule has 6 heteroatoms. The molecule has 18 heavy (non-hydrogen) atoms. The molecule has 1 heterocycles. The summed E-state index contributed by atoms with van der Waals surface area (Å²) in [6.45, 7) is 0. The molecule has 0 aliphatic carbocycles. The van der Waals surface area contributed by atoms with Crippen LogP contribution in [-0.4, -0.2) is 0 Å². The molecule has 96 valence electrons. The molecule has 2 N–H and O–H groups in total. The molecule has 0 aliphatic rings. The Morgan fingerprint density at radius 3 is 2.61 bits per heavy atom. The van der Waals surface area contributed by atoms with Crippen LogP contribution >= 0.6 is 66.4 Å². The molecule has 1 unspecified atom stereocenters. The molecule has 0 spiro atoms. The molecule has 0 bridgehead atoms. The molecule has 2 aromatic rings. The SMILES string of the molecule is NC(Cc1cccc(Cl)c1Cl)c1cc(Br)c(Br)s1. The minimum absolute atomic E-state index is 0.0893. The summed E-state index contributed by atoms with van der Waals surface area (Å²) in [6.07, 6.45) is 0.665. The van der Waals surface area contributed by atoms with Crippen molar-refractivity contribution in [2.45, 2.75) is 12.5 Å². The summed E-state index contributed by atoms with van der Waals surface area (Å²) in [5, 5.41) is 1.15. The van der Waals surface area contributed by atoms with Crippen molar-refractivity contribution in [2.75, 3.05) is 0 Å². The number of hydrogen-bond donors (Lipinski definition) is 1. The van der Waals surface area contributed by atoms with Gasteiger partial charge in [-0.15, -0.1) is 11.3 Å². The number of nitrogens with two attached hydrogens (primary N) is 1. The van der Waals surface area contributed by atoms with Gasteiger partial charge in [0.2, 0.25) is 0 Å². The van der Waals surface area contributed by atoms with E-state index in [1.54, 1.807) is 17.4 Å². The standard InChI is InChI=1S/C12H9Br2Cl2NS/c13-7-5-10(18-12(7)14)9(17)4-6-2-1-3-8(15)11(6)16/h1-3,5,9H,4,17H2. The van der Waals surface area contributed by atoms with Gasteiger partial charge in [-0.05, 0) is 56.0 Å². The van der Waals surface area contributed by atoms with E-state index in [0.29, 0.717) is 16.5 Å². The van der Waals surface area contributed by atoms with Crippen molar-refractivity contribution in [2.24, 2.45) is 5.73 Å². The number of benzene rings is 1. The van der Waals surface area contributed by atoms with Gasteiger partial charge in [-0.1, -0.05) is 35.3 Å². The molecule has 0 amide bonds. The van der Waals surface area contributed by atoms with Crippen LogP contribution in [0.25, 0.3) is 0 Å². The van der Waals surface area contributed by atoms with Gasteiger partial charge in [-0.25, -0.2) is 0 Å². The lowest BCUT2D eigenvalue weighted by Crippen LogP contribution is -2.12. The highest BCUT2D eigenvalue weighted by Crippen LogP contribution is 2.36. The molecule has 1 aromatic heterocycles. The van der Waals surface area contributed by atoms with Gasteiger partial charge in [0.25, 0.3) is 0 Å². The maximum Gasteiger partial charge on any atom is 0.0843 e. The highest BCUT2D eigenvalue weighted by atomic mass is 79.9. The highest BCUT2D eigenvalue weighted by molar-refractivity contribution is 9.13. The predicted octanol–water partition coefficient (Wildman–Crippen LogP) is 5.82. The Kier molecular flexibility index (Phi) is 5.14. The third-order valence-electron chi connectivity index (χ3n) is 2.50. The Morgan fingerprint density at radius 2 is 2.00 bits per heavy atom. The van der Waals surface area contributed by atoms with Gasteiger partial charge in [0.15, 0.2) is 0 Å². The fourth-order valence-electron chi connectivity index (χ4n) is 1.59. The summed E-state index contributed by atoms with van der Waals surface area (Å²) >= 11 is 20.7. The first-order valence-corrected chi connectivity index (χ1v) is 8.28. The van der Waals surface area contributed by atoms with Crippen molar-refractivity contribution in [3.63, 3.8) is 0 Å². The zero-order valence-electron chi connectivity index (χ0n) is 9.09. The first kappa shape index (κ1) is 14.8. The molecule has 1 aromatic carbocycles. The average molecular weight is 430 g/mol. The summed E-state index contributed by atoms with van der Waals surface area (Å²) in [6, 6.07) is 7.55. The number of halogens is 4. The molecule has 1 atom stereocenters. The van der Waals surface area contributed by atoms with Gasteiger partial charge in [0.05, 0.1) is 13.8 Å². The fraction of sp³-hybridized carbons (Fsp3) is 0.167. The van der Waals surface area contributed by atoms with Crippen LogP contribution in [0.15, 0.2) is 32.5 Å². The molecule has 0 aliphatic heterocycles. The lowest BCUT2D eigenvalue weighted by Gasteiger charge is -2.11. The van der Waals surface area contributed by atoms with Crippen molar-refractivity contribution in [1.82, 2.24) is 0 Å². The molecule has 0 saturated carbocycles. The maximum absolute atomic E-state index is 6.20. The van der Waals surface area contributed by atoms with E-state index < -0.39 is 0 Å². The summed E-state index contributed by atoms with van der Waals surface area (Å²) in [5.74, 6) is 0. The van der Waals surface area contributed by atoms with Gasteiger partial charge >= 0.3 is 0 Å². The van der Waals surface area contributed by atoms with E-state index in [-0.39, 0.29) is 6.04 Å². The van der Waals surface area contributed by atoms with Crippen LogP contribution in [0.1, 0.15) is 16.5 Å². The number of hydrogen-bond acceptors (Lipinski definition) is 2. The molecule has 0 radical (unpaired) electrons. The maximum atomic E-state index is 6.20. The number of thiophene rings is 1. The van der Waals surface area contributed by atoms with Crippen molar-refractivity contribution in [3.8, 4) is 0 Å². The van der Waals surface area contributed by atoms with Crippen molar-refractivity contribution >= 4 is 66.4 Å². The summed E-state index contributed by atoms with van der Waals surface area (Å²) in [5.41, 5.74) is 7.16. The molecular formula is C12H9Br2Cl2NS. The van der Waals surface area contributed by atoms with Crippen LogP contribution < -0.4 is 5.73 Å². The molecule has 2 rings (SSSR count). The lowest BCUT2D eigenvalue weighted by atomic mass is 10.1.